The number of anilines is 1. The van der Waals surface area contributed by atoms with Crippen molar-refractivity contribution in [1.29, 1.82) is 0 Å². The molecule has 0 aliphatic rings. The quantitative estimate of drug-likeness (QED) is 0.584. The topological polar surface area (TPSA) is 101 Å². The summed E-state index contributed by atoms with van der Waals surface area (Å²) in [6.45, 7) is 1.10. The fraction of sp³-hybridized carbons (Fsp3) is 0.417. The van der Waals surface area contributed by atoms with Gasteiger partial charge in [0, 0.05) is 32.3 Å². The zero-order valence-electron chi connectivity index (χ0n) is 11.0. The third-order valence-corrected chi connectivity index (χ3v) is 2.77. The Bertz CT molecular complexity index is 476. The van der Waals surface area contributed by atoms with Gasteiger partial charge in [-0.25, -0.2) is 0 Å². The molecule has 7 heteroatoms. The lowest BCUT2D eigenvalue weighted by atomic mass is 10.1. The van der Waals surface area contributed by atoms with Crippen molar-refractivity contribution in [2.45, 2.75) is 6.42 Å². The van der Waals surface area contributed by atoms with Crippen LogP contribution in [0.1, 0.15) is 16.8 Å². The summed E-state index contributed by atoms with van der Waals surface area (Å²) in [6, 6.07) is 4.31. The third kappa shape index (κ3) is 3.65. The minimum Gasteiger partial charge on any atom is -0.369 e. The minimum absolute atomic E-state index is 0.0211. The predicted molar refractivity (Wildman–Crippen MR) is 73.4 cm³/mol. The molecule has 1 aromatic rings. The molecule has 0 aromatic heterocycles. The number of amides is 1. The monoisotopic (exact) mass is 266 g/mol. The average Bonchev–Trinajstić information content (AvgIpc) is 2.42. The van der Waals surface area contributed by atoms with Crippen LogP contribution in [-0.4, -0.2) is 38.0 Å². The molecule has 1 aromatic carbocycles. The summed E-state index contributed by atoms with van der Waals surface area (Å²) in [6.07, 6.45) is 0.720. The molecule has 0 radical (unpaired) electrons. The second-order valence-electron chi connectivity index (χ2n) is 4.10. The Kier molecular flexibility index (Phi) is 5.25. The molecule has 1 rings (SSSR count). The maximum absolute atomic E-state index is 11.6. The van der Waals surface area contributed by atoms with Crippen molar-refractivity contribution in [1.82, 2.24) is 5.32 Å². The van der Waals surface area contributed by atoms with Crippen LogP contribution in [0.5, 0.6) is 0 Å². The van der Waals surface area contributed by atoms with Crippen molar-refractivity contribution in [2.24, 2.45) is 5.73 Å². The van der Waals surface area contributed by atoms with E-state index < -0.39 is 4.92 Å². The summed E-state index contributed by atoms with van der Waals surface area (Å²) in [7, 11) is 3.26. The maximum atomic E-state index is 11.6. The molecule has 104 valence electrons. The van der Waals surface area contributed by atoms with Gasteiger partial charge in [-0.15, -0.1) is 0 Å². The first-order valence-corrected chi connectivity index (χ1v) is 5.93. The molecule has 0 unspecified atom stereocenters. The number of nitrogens with two attached hydrogens (primary N) is 1. The van der Waals surface area contributed by atoms with Gasteiger partial charge in [0.1, 0.15) is 5.69 Å². The van der Waals surface area contributed by atoms with Gasteiger partial charge in [0.15, 0.2) is 0 Å². The van der Waals surface area contributed by atoms with Gasteiger partial charge in [-0.3, -0.25) is 14.9 Å². The van der Waals surface area contributed by atoms with E-state index in [1.165, 1.54) is 25.2 Å². The summed E-state index contributed by atoms with van der Waals surface area (Å²) < 4.78 is 0. The lowest BCUT2D eigenvalue weighted by Crippen LogP contribution is -2.23. The standard InChI is InChI=1S/C12H18N4O3/c1-14-12(17)9-4-5-10(16(18)19)11(8-9)15(2)7-3-6-13/h4-5,8H,3,6-7,13H2,1-2H3,(H,14,17). The van der Waals surface area contributed by atoms with E-state index in [2.05, 4.69) is 5.32 Å². The summed E-state index contributed by atoms with van der Waals surface area (Å²) in [5, 5.41) is 13.5. The first kappa shape index (κ1) is 14.9. The first-order chi connectivity index (χ1) is 9.01. The second-order valence-corrected chi connectivity index (χ2v) is 4.10. The van der Waals surface area contributed by atoms with Gasteiger partial charge >= 0.3 is 0 Å². The van der Waals surface area contributed by atoms with Gasteiger partial charge in [0.2, 0.25) is 0 Å². The number of carbonyl (C=O) groups is 1. The molecular formula is C12H18N4O3. The Morgan fingerprint density at radius 1 is 1.53 bits per heavy atom. The highest BCUT2D eigenvalue weighted by Gasteiger charge is 2.19. The number of hydrogen-bond acceptors (Lipinski definition) is 5. The molecule has 19 heavy (non-hydrogen) atoms. The zero-order chi connectivity index (χ0) is 14.4. The van der Waals surface area contributed by atoms with Gasteiger partial charge in [0.05, 0.1) is 4.92 Å². The molecule has 0 spiro atoms. The molecule has 0 fully saturated rings. The average molecular weight is 266 g/mol. The number of nitrogens with one attached hydrogen (secondary N) is 1. The van der Waals surface area contributed by atoms with Crippen molar-refractivity contribution < 1.29 is 9.72 Å². The van der Waals surface area contributed by atoms with Crippen LogP contribution in [-0.2, 0) is 0 Å². The molecule has 0 aliphatic carbocycles. The van der Waals surface area contributed by atoms with Crippen LogP contribution in [0, 0.1) is 10.1 Å². The van der Waals surface area contributed by atoms with E-state index in [1.807, 2.05) is 0 Å². The molecule has 1 amide bonds. The van der Waals surface area contributed by atoms with Crippen LogP contribution >= 0.6 is 0 Å². The van der Waals surface area contributed by atoms with Crippen LogP contribution < -0.4 is 16.0 Å². The van der Waals surface area contributed by atoms with Crippen LogP contribution in [0.3, 0.4) is 0 Å². The number of nitro groups is 1. The van der Waals surface area contributed by atoms with Crippen molar-refractivity contribution in [3.8, 4) is 0 Å². The normalized spacial score (nSPS) is 10.1. The molecule has 0 saturated heterocycles. The molecule has 0 heterocycles. The van der Waals surface area contributed by atoms with Crippen molar-refractivity contribution in [3.63, 3.8) is 0 Å². The number of nitro benzene ring substituents is 1. The summed E-state index contributed by atoms with van der Waals surface area (Å²) in [4.78, 5) is 23.8. The van der Waals surface area contributed by atoms with E-state index in [9.17, 15) is 14.9 Å². The fourth-order valence-electron chi connectivity index (χ4n) is 1.72. The lowest BCUT2D eigenvalue weighted by molar-refractivity contribution is -0.384. The fourth-order valence-corrected chi connectivity index (χ4v) is 1.72. The number of carbonyl (C=O) groups excluding carboxylic acids is 1. The largest absolute Gasteiger partial charge is 0.369 e. The Morgan fingerprint density at radius 2 is 2.21 bits per heavy atom. The van der Waals surface area contributed by atoms with E-state index in [1.54, 1.807) is 11.9 Å². The van der Waals surface area contributed by atoms with E-state index >= 15 is 0 Å². The molecule has 0 saturated carbocycles. The van der Waals surface area contributed by atoms with Gasteiger partial charge in [-0.1, -0.05) is 0 Å². The number of hydrogen-bond donors (Lipinski definition) is 2. The van der Waals surface area contributed by atoms with E-state index in [0.29, 0.717) is 24.3 Å². The third-order valence-electron chi connectivity index (χ3n) is 2.77. The van der Waals surface area contributed by atoms with Gasteiger partial charge in [0.25, 0.3) is 11.6 Å². The van der Waals surface area contributed by atoms with Gasteiger partial charge in [-0.2, -0.15) is 0 Å². The molecule has 0 aliphatic heterocycles. The van der Waals surface area contributed by atoms with Gasteiger partial charge in [-0.05, 0) is 25.1 Å². The predicted octanol–water partition coefficient (Wildman–Crippen LogP) is 0.739. The first-order valence-electron chi connectivity index (χ1n) is 5.93. The van der Waals surface area contributed by atoms with Crippen LogP contribution in [0.2, 0.25) is 0 Å². The Balaban J connectivity index is 3.15. The molecule has 0 atom stereocenters. The van der Waals surface area contributed by atoms with Gasteiger partial charge < -0.3 is 16.0 Å². The molecular weight excluding hydrogens is 248 g/mol. The summed E-state index contributed by atoms with van der Waals surface area (Å²) in [5.74, 6) is -0.275. The maximum Gasteiger partial charge on any atom is 0.292 e. The van der Waals surface area contributed by atoms with Crippen molar-refractivity contribution in [3.05, 3.63) is 33.9 Å². The highest BCUT2D eigenvalue weighted by atomic mass is 16.6. The SMILES string of the molecule is CNC(=O)c1ccc([N+](=O)[O-])c(N(C)CCCN)c1. The number of benzene rings is 1. The van der Waals surface area contributed by atoms with Crippen molar-refractivity contribution >= 4 is 17.3 Å². The lowest BCUT2D eigenvalue weighted by Gasteiger charge is -2.19. The molecule has 0 bridgehead atoms. The number of nitrogens with zero attached hydrogens (tertiary/aromatic N) is 2. The summed E-state index contributed by atoms with van der Waals surface area (Å²) >= 11 is 0. The molecule has 3 N–H and O–H groups in total. The summed E-state index contributed by atoms with van der Waals surface area (Å²) in [5.41, 5.74) is 6.21. The smallest absolute Gasteiger partial charge is 0.292 e. The van der Waals surface area contributed by atoms with Crippen LogP contribution in [0.4, 0.5) is 11.4 Å². The highest BCUT2D eigenvalue weighted by Crippen LogP contribution is 2.28. The van der Waals surface area contributed by atoms with Crippen molar-refractivity contribution in [2.75, 3.05) is 32.1 Å². The van der Waals surface area contributed by atoms with E-state index in [4.69, 9.17) is 5.73 Å². The van der Waals surface area contributed by atoms with Crippen LogP contribution in [0.25, 0.3) is 0 Å². The minimum atomic E-state index is -0.456. The Hall–Kier alpha value is -2.15. The molecule has 7 nitrogen and oxygen atoms in total. The van der Waals surface area contributed by atoms with E-state index in [-0.39, 0.29) is 11.6 Å². The number of rotatable bonds is 6. The Morgan fingerprint density at radius 3 is 2.74 bits per heavy atom. The van der Waals surface area contributed by atoms with E-state index in [0.717, 1.165) is 6.42 Å². The highest BCUT2D eigenvalue weighted by molar-refractivity contribution is 5.95. The Labute approximate surface area is 111 Å². The zero-order valence-corrected chi connectivity index (χ0v) is 11.0. The second kappa shape index (κ2) is 6.69. The van der Waals surface area contributed by atoms with Crippen LogP contribution in [0.15, 0.2) is 18.2 Å².